The fourth-order valence-corrected chi connectivity index (χ4v) is 3.34. The Labute approximate surface area is 133 Å². The Morgan fingerprint density at radius 3 is 2.41 bits per heavy atom. The van der Waals surface area contributed by atoms with E-state index in [9.17, 15) is 0 Å². The Morgan fingerprint density at radius 1 is 0.955 bits per heavy atom. The van der Waals surface area contributed by atoms with Crippen LogP contribution in [0.1, 0.15) is 23.1 Å². The molecule has 0 saturated heterocycles. The average Bonchev–Trinajstić information content (AvgIpc) is 2.54. The van der Waals surface area contributed by atoms with E-state index in [-0.39, 0.29) is 0 Å². The molecule has 0 aliphatic heterocycles. The van der Waals surface area contributed by atoms with Gasteiger partial charge in [-0.3, -0.25) is 0 Å². The molecule has 0 spiro atoms. The summed E-state index contributed by atoms with van der Waals surface area (Å²) < 4.78 is 5.58. The normalized spacial score (nSPS) is 14.2. The second-order valence-corrected chi connectivity index (χ2v) is 6.07. The molecule has 2 nitrogen and oxygen atoms in total. The number of likely N-dealkylation sites (N-methyl/N-ethyl adjacent to an activating group) is 1. The van der Waals surface area contributed by atoms with Crippen molar-refractivity contribution < 1.29 is 4.74 Å². The van der Waals surface area contributed by atoms with Gasteiger partial charge in [-0.05, 0) is 55.3 Å². The van der Waals surface area contributed by atoms with Crippen LogP contribution in [-0.4, -0.2) is 32.6 Å². The number of nitrogens with zero attached hydrogens (tertiary/aromatic N) is 1. The van der Waals surface area contributed by atoms with Crippen LogP contribution in [0, 0.1) is 0 Å². The number of hydrogen-bond donors (Lipinski definition) is 0. The van der Waals surface area contributed by atoms with Gasteiger partial charge in [0.2, 0.25) is 0 Å². The zero-order valence-corrected chi connectivity index (χ0v) is 13.6. The summed E-state index contributed by atoms with van der Waals surface area (Å²) in [7, 11) is 6.03. The number of fused-ring (bicyclic) bond motifs is 1. The highest BCUT2D eigenvalue weighted by Crippen LogP contribution is 2.39. The zero-order chi connectivity index (χ0) is 15.5. The van der Waals surface area contributed by atoms with E-state index in [2.05, 4.69) is 67.5 Å². The van der Waals surface area contributed by atoms with Crippen molar-refractivity contribution in [2.45, 2.75) is 12.8 Å². The van der Waals surface area contributed by atoms with Crippen LogP contribution >= 0.6 is 0 Å². The van der Waals surface area contributed by atoms with E-state index in [1.807, 2.05) is 0 Å². The lowest BCUT2D eigenvalue weighted by Gasteiger charge is -2.27. The van der Waals surface area contributed by atoms with Crippen LogP contribution in [-0.2, 0) is 6.42 Å². The largest absolute Gasteiger partial charge is 0.496 e. The van der Waals surface area contributed by atoms with Gasteiger partial charge in [-0.15, -0.1) is 0 Å². The average molecular weight is 293 g/mol. The van der Waals surface area contributed by atoms with Gasteiger partial charge in [-0.1, -0.05) is 42.5 Å². The minimum Gasteiger partial charge on any atom is -0.496 e. The van der Waals surface area contributed by atoms with Crippen LogP contribution < -0.4 is 4.74 Å². The fraction of sp³-hybridized carbons (Fsp3) is 0.300. The molecule has 0 bridgehead atoms. The van der Waals surface area contributed by atoms with Gasteiger partial charge >= 0.3 is 0 Å². The zero-order valence-electron chi connectivity index (χ0n) is 13.6. The molecule has 2 aromatic rings. The molecule has 0 radical (unpaired) electrons. The SMILES string of the molecule is COc1cccc2c1CCC(CN(C)C)=C2c1ccccc1. The van der Waals surface area contributed by atoms with Gasteiger partial charge in [0.25, 0.3) is 0 Å². The molecule has 2 aromatic carbocycles. The lowest BCUT2D eigenvalue weighted by molar-refractivity contribution is 0.407. The van der Waals surface area contributed by atoms with E-state index in [4.69, 9.17) is 4.74 Å². The highest BCUT2D eigenvalue weighted by atomic mass is 16.5. The first-order valence-electron chi connectivity index (χ1n) is 7.79. The van der Waals surface area contributed by atoms with Crippen LogP contribution in [0.3, 0.4) is 0 Å². The second-order valence-electron chi connectivity index (χ2n) is 6.07. The summed E-state index contributed by atoms with van der Waals surface area (Å²) in [5.41, 5.74) is 6.86. The summed E-state index contributed by atoms with van der Waals surface area (Å²) in [5, 5.41) is 0. The molecule has 2 heteroatoms. The Bertz CT molecular complexity index is 686. The third-order valence-corrected chi connectivity index (χ3v) is 4.22. The second kappa shape index (κ2) is 6.37. The molecule has 0 saturated carbocycles. The van der Waals surface area contributed by atoms with Crippen LogP contribution in [0.4, 0.5) is 0 Å². The summed E-state index contributed by atoms with van der Waals surface area (Å²) >= 11 is 0. The molecular formula is C20H23NO. The summed E-state index contributed by atoms with van der Waals surface area (Å²) in [6.07, 6.45) is 2.15. The van der Waals surface area contributed by atoms with Crippen molar-refractivity contribution in [2.75, 3.05) is 27.7 Å². The molecule has 0 unspecified atom stereocenters. The van der Waals surface area contributed by atoms with Crippen molar-refractivity contribution in [2.24, 2.45) is 0 Å². The summed E-state index contributed by atoms with van der Waals surface area (Å²) in [4.78, 5) is 2.25. The molecular weight excluding hydrogens is 270 g/mol. The molecule has 0 aromatic heterocycles. The van der Waals surface area contributed by atoms with Crippen molar-refractivity contribution in [3.63, 3.8) is 0 Å². The Kier molecular flexibility index (Phi) is 4.30. The van der Waals surface area contributed by atoms with Gasteiger partial charge in [0.15, 0.2) is 0 Å². The van der Waals surface area contributed by atoms with Gasteiger partial charge in [0.05, 0.1) is 7.11 Å². The number of rotatable bonds is 4. The minimum atomic E-state index is 1.00. The molecule has 3 rings (SSSR count). The summed E-state index contributed by atoms with van der Waals surface area (Å²) in [6, 6.07) is 17.1. The highest BCUT2D eigenvalue weighted by Gasteiger charge is 2.22. The maximum atomic E-state index is 5.58. The van der Waals surface area contributed by atoms with Crippen LogP contribution in [0.15, 0.2) is 54.1 Å². The van der Waals surface area contributed by atoms with Crippen molar-refractivity contribution in [3.8, 4) is 5.75 Å². The fourth-order valence-electron chi connectivity index (χ4n) is 3.34. The molecule has 22 heavy (non-hydrogen) atoms. The van der Waals surface area contributed by atoms with Gasteiger partial charge in [0, 0.05) is 12.1 Å². The van der Waals surface area contributed by atoms with Crippen LogP contribution in [0.2, 0.25) is 0 Å². The van der Waals surface area contributed by atoms with E-state index >= 15 is 0 Å². The van der Waals surface area contributed by atoms with E-state index in [1.165, 1.54) is 27.8 Å². The van der Waals surface area contributed by atoms with E-state index < -0.39 is 0 Å². The molecule has 1 aliphatic rings. The van der Waals surface area contributed by atoms with E-state index in [1.54, 1.807) is 7.11 Å². The van der Waals surface area contributed by atoms with Gasteiger partial charge < -0.3 is 9.64 Å². The van der Waals surface area contributed by atoms with Gasteiger partial charge in [0.1, 0.15) is 5.75 Å². The minimum absolute atomic E-state index is 1.00. The van der Waals surface area contributed by atoms with Crippen LogP contribution in [0.25, 0.3) is 5.57 Å². The Morgan fingerprint density at radius 2 is 1.73 bits per heavy atom. The monoisotopic (exact) mass is 293 g/mol. The number of benzene rings is 2. The maximum absolute atomic E-state index is 5.58. The Hall–Kier alpha value is -2.06. The van der Waals surface area contributed by atoms with Gasteiger partial charge in [-0.2, -0.15) is 0 Å². The topological polar surface area (TPSA) is 12.5 Å². The predicted molar refractivity (Wildman–Crippen MR) is 92.3 cm³/mol. The quantitative estimate of drug-likeness (QED) is 0.844. The van der Waals surface area contributed by atoms with Crippen LogP contribution in [0.5, 0.6) is 5.75 Å². The lowest BCUT2D eigenvalue weighted by Crippen LogP contribution is -2.19. The summed E-state index contributed by atoms with van der Waals surface area (Å²) in [6.45, 7) is 1.00. The van der Waals surface area contributed by atoms with Crippen molar-refractivity contribution in [3.05, 3.63) is 70.8 Å². The van der Waals surface area contributed by atoms with Crippen molar-refractivity contribution in [1.82, 2.24) is 4.90 Å². The maximum Gasteiger partial charge on any atom is 0.122 e. The molecule has 0 amide bonds. The predicted octanol–water partition coefficient (Wildman–Crippen LogP) is 4.00. The first kappa shape index (κ1) is 14.9. The number of hydrogen-bond acceptors (Lipinski definition) is 2. The number of ether oxygens (including phenoxy) is 1. The third-order valence-electron chi connectivity index (χ3n) is 4.22. The first-order valence-corrected chi connectivity index (χ1v) is 7.79. The lowest BCUT2D eigenvalue weighted by atomic mass is 9.81. The van der Waals surface area contributed by atoms with Crippen molar-refractivity contribution in [1.29, 1.82) is 0 Å². The van der Waals surface area contributed by atoms with Crippen molar-refractivity contribution >= 4 is 5.57 Å². The Balaban J connectivity index is 2.20. The standard InChI is InChI=1S/C20H23NO/c1-21(2)14-16-12-13-17-18(10-7-11-19(17)22-3)20(16)15-8-5-4-6-9-15/h4-11H,12-14H2,1-3H3. The van der Waals surface area contributed by atoms with Gasteiger partial charge in [-0.25, -0.2) is 0 Å². The van der Waals surface area contributed by atoms with E-state index in [0.29, 0.717) is 0 Å². The number of methoxy groups -OCH3 is 1. The molecule has 1 aliphatic carbocycles. The highest BCUT2D eigenvalue weighted by molar-refractivity contribution is 5.86. The molecule has 114 valence electrons. The molecule has 0 atom stereocenters. The van der Waals surface area contributed by atoms with E-state index in [0.717, 1.165) is 25.1 Å². The summed E-state index contributed by atoms with van der Waals surface area (Å²) in [5.74, 6) is 1.01. The third kappa shape index (κ3) is 2.79. The molecule has 0 fully saturated rings. The first-order chi connectivity index (χ1) is 10.7. The smallest absolute Gasteiger partial charge is 0.122 e. The molecule has 0 N–H and O–H groups in total. The molecule has 0 heterocycles.